The summed E-state index contributed by atoms with van der Waals surface area (Å²) in [5.41, 5.74) is 9.04. The fraction of sp³-hybridized carbons (Fsp3) is 0.235. The zero-order valence-corrected chi connectivity index (χ0v) is 12.5. The van der Waals surface area contributed by atoms with E-state index >= 15 is 0 Å². The number of hydrogen-bond donors (Lipinski definition) is 2. The SMILES string of the molecule is Cc1cc(N)ccc1NC(=O)C(C)Oc1ccccc1C. The molecule has 4 nitrogen and oxygen atoms in total. The first-order valence-corrected chi connectivity index (χ1v) is 6.86. The van der Waals surface area contributed by atoms with Gasteiger partial charge in [0.2, 0.25) is 0 Å². The number of anilines is 2. The minimum absolute atomic E-state index is 0.189. The smallest absolute Gasteiger partial charge is 0.265 e. The number of nitrogens with two attached hydrogens (primary N) is 1. The van der Waals surface area contributed by atoms with Crippen molar-refractivity contribution in [1.29, 1.82) is 0 Å². The summed E-state index contributed by atoms with van der Waals surface area (Å²) in [4.78, 5) is 12.2. The Hall–Kier alpha value is -2.49. The highest BCUT2D eigenvalue weighted by atomic mass is 16.5. The van der Waals surface area contributed by atoms with E-state index in [1.54, 1.807) is 19.1 Å². The summed E-state index contributed by atoms with van der Waals surface area (Å²) in [6.07, 6.45) is -0.581. The van der Waals surface area contributed by atoms with Gasteiger partial charge < -0.3 is 15.8 Å². The van der Waals surface area contributed by atoms with Crippen molar-refractivity contribution in [3.8, 4) is 5.75 Å². The van der Waals surface area contributed by atoms with Crippen molar-refractivity contribution in [2.24, 2.45) is 0 Å². The molecule has 3 N–H and O–H groups in total. The first kappa shape index (κ1) is 14.9. The summed E-state index contributed by atoms with van der Waals surface area (Å²) < 4.78 is 5.71. The zero-order chi connectivity index (χ0) is 15.4. The molecule has 1 amide bonds. The molecule has 0 aromatic heterocycles. The first-order valence-electron chi connectivity index (χ1n) is 6.86. The zero-order valence-electron chi connectivity index (χ0n) is 12.5. The average Bonchev–Trinajstić information content (AvgIpc) is 2.44. The molecule has 0 heterocycles. The van der Waals surface area contributed by atoms with E-state index in [0.29, 0.717) is 11.4 Å². The van der Waals surface area contributed by atoms with Gasteiger partial charge in [0.1, 0.15) is 5.75 Å². The van der Waals surface area contributed by atoms with E-state index in [9.17, 15) is 4.79 Å². The Labute approximate surface area is 124 Å². The van der Waals surface area contributed by atoms with E-state index in [1.165, 1.54) is 0 Å². The number of ether oxygens (including phenoxy) is 1. The van der Waals surface area contributed by atoms with Crippen LogP contribution in [0.4, 0.5) is 11.4 Å². The monoisotopic (exact) mass is 284 g/mol. The molecule has 4 heteroatoms. The molecule has 1 unspecified atom stereocenters. The second-order valence-electron chi connectivity index (χ2n) is 5.09. The number of carbonyl (C=O) groups is 1. The predicted molar refractivity (Wildman–Crippen MR) is 85.5 cm³/mol. The van der Waals surface area contributed by atoms with E-state index in [-0.39, 0.29) is 5.91 Å². The summed E-state index contributed by atoms with van der Waals surface area (Å²) >= 11 is 0. The predicted octanol–water partition coefficient (Wildman–Crippen LogP) is 3.29. The lowest BCUT2D eigenvalue weighted by Crippen LogP contribution is -2.30. The van der Waals surface area contributed by atoms with Crippen LogP contribution in [0.25, 0.3) is 0 Å². The number of nitrogens with one attached hydrogen (secondary N) is 1. The number of aryl methyl sites for hydroxylation is 2. The molecular weight excluding hydrogens is 264 g/mol. The van der Waals surface area contributed by atoms with Crippen LogP contribution >= 0.6 is 0 Å². The van der Waals surface area contributed by atoms with Crippen LogP contribution in [0, 0.1) is 13.8 Å². The number of rotatable bonds is 4. The number of para-hydroxylation sites is 1. The van der Waals surface area contributed by atoms with Gasteiger partial charge in [0.05, 0.1) is 0 Å². The maximum atomic E-state index is 12.2. The third-order valence-corrected chi connectivity index (χ3v) is 3.27. The Morgan fingerprint density at radius 2 is 1.86 bits per heavy atom. The topological polar surface area (TPSA) is 64.3 Å². The minimum atomic E-state index is -0.581. The third kappa shape index (κ3) is 3.75. The minimum Gasteiger partial charge on any atom is -0.481 e. The summed E-state index contributed by atoms with van der Waals surface area (Å²) in [6.45, 7) is 5.58. The van der Waals surface area contributed by atoms with Crippen molar-refractivity contribution in [2.45, 2.75) is 26.9 Å². The van der Waals surface area contributed by atoms with Gasteiger partial charge in [0.25, 0.3) is 5.91 Å². The van der Waals surface area contributed by atoms with Gasteiger partial charge in [-0.05, 0) is 56.2 Å². The summed E-state index contributed by atoms with van der Waals surface area (Å²) in [5, 5.41) is 2.86. The molecular formula is C17H20N2O2. The molecule has 110 valence electrons. The molecule has 0 spiro atoms. The van der Waals surface area contributed by atoms with Crippen molar-refractivity contribution >= 4 is 17.3 Å². The van der Waals surface area contributed by atoms with Crippen molar-refractivity contribution < 1.29 is 9.53 Å². The van der Waals surface area contributed by atoms with E-state index in [1.807, 2.05) is 44.2 Å². The molecule has 0 aliphatic rings. The first-order chi connectivity index (χ1) is 9.97. The second-order valence-corrected chi connectivity index (χ2v) is 5.09. The maximum absolute atomic E-state index is 12.2. The van der Waals surface area contributed by atoms with Gasteiger partial charge in [-0.2, -0.15) is 0 Å². The second kappa shape index (κ2) is 6.31. The van der Waals surface area contributed by atoms with Gasteiger partial charge in [-0.15, -0.1) is 0 Å². The lowest BCUT2D eigenvalue weighted by molar-refractivity contribution is -0.122. The van der Waals surface area contributed by atoms with Crippen molar-refractivity contribution in [3.05, 3.63) is 53.6 Å². The van der Waals surface area contributed by atoms with Gasteiger partial charge in [-0.25, -0.2) is 0 Å². The largest absolute Gasteiger partial charge is 0.481 e. The maximum Gasteiger partial charge on any atom is 0.265 e. The molecule has 2 rings (SSSR count). The standard InChI is InChI=1S/C17H20N2O2/c1-11-6-4-5-7-16(11)21-13(3)17(20)19-15-9-8-14(18)10-12(15)2/h4-10,13H,18H2,1-3H3,(H,19,20). The van der Waals surface area contributed by atoms with E-state index in [4.69, 9.17) is 10.5 Å². The quantitative estimate of drug-likeness (QED) is 0.847. The average molecular weight is 284 g/mol. The highest BCUT2D eigenvalue weighted by Gasteiger charge is 2.16. The van der Waals surface area contributed by atoms with Gasteiger partial charge in [-0.3, -0.25) is 4.79 Å². The van der Waals surface area contributed by atoms with Crippen LogP contribution in [-0.4, -0.2) is 12.0 Å². The van der Waals surface area contributed by atoms with Crippen LogP contribution in [0.3, 0.4) is 0 Å². The van der Waals surface area contributed by atoms with Crippen molar-refractivity contribution in [2.75, 3.05) is 11.1 Å². The molecule has 0 radical (unpaired) electrons. The van der Waals surface area contributed by atoms with Gasteiger partial charge in [-0.1, -0.05) is 18.2 Å². The fourth-order valence-corrected chi connectivity index (χ4v) is 1.99. The molecule has 0 saturated heterocycles. The lowest BCUT2D eigenvalue weighted by Gasteiger charge is -2.17. The van der Waals surface area contributed by atoms with Crippen molar-refractivity contribution in [1.82, 2.24) is 0 Å². The fourth-order valence-electron chi connectivity index (χ4n) is 1.99. The van der Waals surface area contributed by atoms with Crippen LogP contribution in [0.2, 0.25) is 0 Å². The number of benzene rings is 2. The Kier molecular flexibility index (Phi) is 4.48. The van der Waals surface area contributed by atoms with Crippen molar-refractivity contribution in [3.63, 3.8) is 0 Å². The van der Waals surface area contributed by atoms with Crippen LogP contribution in [0.5, 0.6) is 5.75 Å². The highest BCUT2D eigenvalue weighted by molar-refractivity contribution is 5.95. The number of hydrogen-bond acceptors (Lipinski definition) is 3. The Morgan fingerprint density at radius 1 is 1.14 bits per heavy atom. The molecule has 0 aliphatic heterocycles. The molecule has 1 atom stereocenters. The van der Waals surface area contributed by atoms with Crippen LogP contribution < -0.4 is 15.8 Å². The number of carbonyl (C=O) groups excluding carboxylic acids is 1. The van der Waals surface area contributed by atoms with E-state index < -0.39 is 6.10 Å². The normalized spacial score (nSPS) is 11.8. The van der Waals surface area contributed by atoms with Crippen LogP contribution in [-0.2, 0) is 4.79 Å². The molecule has 0 aliphatic carbocycles. The summed E-state index contributed by atoms with van der Waals surface area (Å²) in [6, 6.07) is 13.0. The van der Waals surface area contributed by atoms with Crippen LogP contribution in [0.1, 0.15) is 18.1 Å². The molecule has 0 fully saturated rings. The molecule has 2 aromatic carbocycles. The Balaban J connectivity index is 2.04. The lowest BCUT2D eigenvalue weighted by atomic mass is 10.1. The highest BCUT2D eigenvalue weighted by Crippen LogP contribution is 2.20. The molecule has 21 heavy (non-hydrogen) atoms. The third-order valence-electron chi connectivity index (χ3n) is 3.27. The summed E-state index contributed by atoms with van der Waals surface area (Å²) in [7, 11) is 0. The van der Waals surface area contributed by atoms with E-state index in [2.05, 4.69) is 5.32 Å². The number of nitrogen functional groups attached to an aromatic ring is 1. The number of amides is 1. The van der Waals surface area contributed by atoms with E-state index in [0.717, 1.165) is 16.8 Å². The molecule has 2 aromatic rings. The van der Waals surface area contributed by atoms with Gasteiger partial charge in [0, 0.05) is 11.4 Å². The van der Waals surface area contributed by atoms with Crippen LogP contribution in [0.15, 0.2) is 42.5 Å². The van der Waals surface area contributed by atoms with Gasteiger partial charge >= 0.3 is 0 Å². The van der Waals surface area contributed by atoms with Gasteiger partial charge in [0.15, 0.2) is 6.10 Å². The summed E-state index contributed by atoms with van der Waals surface area (Å²) in [5.74, 6) is 0.528. The Morgan fingerprint density at radius 3 is 2.52 bits per heavy atom. The Bertz CT molecular complexity index is 653. The molecule has 0 saturated carbocycles. The molecule has 0 bridgehead atoms.